The number of aryl methyl sites for hydroxylation is 1. The third kappa shape index (κ3) is 4.76. The van der Waals surface area contributed by atoms with Crippen LogP contribution in [0.4, 0.5) is 5.69 Å². The Morgan fingerprint density at radius 2 is 2.10 bits per heavy atom. The summed E-state index contributed by atoms with van der Waals surface area (Å²) in [6.07, 6.45) is 0.820. The first-order valence-electron chi connectivity index (χ1n) is 6.55. The zero-order valence-corrected chi connectivity index (χ0v) is 13.9. The molecule has 5 heteroatoms. The van der Waals surface area contributed by atoms with Crippen LogP contribution in [-0.2, 0) is 11.2 Å². The molecular weight excluding hydrogens is 354 g/mol. The number of hydrogen-bond donors (Lipinski definition) is 1. The second kappa shape index (κ2) is 7.48. The van der Waals surface area contributed by atoms with Gasteiger partial charge in [-0.25, -0.2) is 0 Å². The Hall–Kier alpha value is -1.52. The quantitative estimate of drug-likeness (QED) is 0.832. The number of nitrogens with one attached hydrogen (secondary N) is 1. The van der Waals surface area contributed by atoms with Gasteiger partial charge in [-0.15, -0.1) is 0 Å². The molecule has 0 aliphatic carbocycles. The van der Waals surface area contributed by atoms with Gasteiger partial charge < -0.3 is 10.1 Å². The second-order valence-corrected chi connectivity index (χ2v) is 5.78. The number of benzene rings is 2. The van der Waals surface area contributed by atoms with E-state index in [1.54, 1.807) is 12.1 Å². The minimum atomic E-state index is -0.207. The van der Waals surface area contributed by atoms with E-state index in [2.05, 4.69) is 21.2 Å². The summed E-state index contributed by atoms with van der Waals surface area (Å²) >= 11 is 9.40. The monoisotopic (exact) mass is 367 g/mol. The molecule has 1 N–H and O–H groups in total. The predicted octanol–water partition coefficient (Wildman–Crippen LogP) is 4.68. The largest absolute Gasteiger partial charge is 0.484 e. The number of amides is 1. The molecule has 0 aliphatic rings. The van der Waals surface area contributed by atoms with Crippen molar-refractivity contribution in [2.75, 3.05) is 11.9 Å². The van der Waals surface area contributed by atoms with E-state index >= 15 is 0 Å². The fourth-order valence-electron chi connectivity index (χ4n) is 1.82. The van der Waals surface area contributed by atoms with Crippen molar-refractivity contribution in [3.8, 4) is 5.75 Å². The average Bonchev–Trinajstić information content (AvgIpc) is 2.46. The van der Waals surface area contributed by atoms with E-state index in [9.17, 15) is 4.79 Å². The third-order valence-corrected chi connectivity index (χ3v) is 3.74. The molecule has 3 nitrogen and oxygen atoms in total. The Labute approximate surface area is 137 Å². The molecule has 0 fully saturated rings. The summed E-state index contributed by atoms with van der Waals surface area (Å²) in [6.45, 7) is 1.97. The zero-order valence-electron chi connectivity index (χ0n) is 11.5. The number of rotatable bonds is 5. The maximum absolute atomic E-state index is 11.8. The van der Waals surface area contributed by atoms with Crippen molar-refractivity contribution in [2.45, 2.75) is 13.3 Å². The number of hydrogen-bond acceptors (Lipinski definition) is 2. The molecule has 0 radical (unpaired) electrons. The van der Waals surface area contributed by atoms with Gasteiger partial charge in [0.2, 0.25) is 0 Å². The first-order valence-corrected chi connectivity index (χ1v) is 7.72. The SMILES string of the molecule is CCc1cc(OCC(=O)Nc2cccc(Br)c2)ccc1Cl. The third-order valence-electron chi connectivity index (χ3n) is 2.88. The standard InChI is InChI=1S/C16H15BrClNO2/c1-2-11-8-14(6-7-15(11)18)21-10-16(20)19-13-5-3-4-12(17)9-13/h3-9H,2,10H2,1H3,(H,19,20). The highest BCUT2D eigenvalue weighted by Gasteiger charge is 2.06. The van der Waals surface area contributed by atoms with Gasteiger partial charge in [0.25, 0.3) is 5.91 Å². The number of halogens is 2. The fraction of sp³-hybridized carbons (Fsp3) is 0.188. The molecule has 0 atom stereocenters. The van der Waals surface area contributed by atoms with E-state index in [-0.39, 0.29) is 12.5 Å². The van der Waals surface area contributed by atoms with Gasteiger partial charge in [-0.2, -0.15) is 0 Å². The molecule has 0 bridgehead atoms. The summed E-state index contributed by atoms with van der Waals surface area (Å²) in [4.78, 5) is 11.8. The van der Waals surface area contributed by atoms with Crippen LogP contribution in [0.2, 0.25) is 5.02 Å². The summed E-state index contributed by atoms with van der Waals surface area (Å²) in [5, 5.41) is 3.48. The van der Waals surface area contributed by atoms with E-state index in [1.807, 2.05) is 37.3 Å². The Balaban J connectivity index is 1.92. The summed E-state index contributed by atoms with van der Waals surface area (Å²) in [7, 11) is 0. The van der Waals surface area contributed by atoms with E-state index in [1.165, 1.54) is 0 Å². The van der Waals surface area contributed by atoms with Crippen molar-refractivity contribution in [1.82, 2.24) is 0 Å². The first kappa shape index (κ1) is 15.9. The highest BCUT2D eigenvalue weighted by atomic mass is 79.9. The summed E-state index contributed by atoms with van der Waals surface area (Å²) in [6, 6.07) is 12.8. The summed E-state index contributed by atoms with van der Waals surface area (Å²) in [5.41, 5.74) is 1.73. The molecule has 2 aromatic carbocycles. The van der Waals surface area contributed by atoms with Gasteiger partial charge in [0, 0.05) is 15.2 Å². The normalized spacial score (nSPS) is 10.2. The van der Waals surface area contributed by atoms with Crippen molar-refractivity contribution < 1.29 is 9.53 Å². The number of carbonyl (C=O) groups excluding carboxylic acids is 1. The van der Waals surface area contributed by atoms with Crippen LogP contribution in [0.1, 0.15) is 12.5 Å². The van der Waals surface area contributed by atoms with Crippen LogP contribution in [0.15, 0.2) is 46.9 Å². The van der Waals surface area contributed by atoms with Gasteiger partial charge in [-0.05, 0) is 48.4 Å². The number of carbonyl (C=O) groups is 1. The van der Waals surface area contributed by atoms with Gasteiger partial charge >= 0.3 is 0 Å². The lowest BCUT2D eigenvalue weighted by Gasteiger charge is -2.09. The van der Waals surface area contributed by atoms with Crippen LogP contribution >= 0.6 is 27.5 Å². The Kier molecular flexibility index (Phi) is 5.65. The van der Waals surface area contributed by atoms with Gasteiger partial charge in [-0.1, -0.05) is 40.5 Å². The smallest absolute Gasteiger partial charge is 0.262 e. The van der Waals surface area contributed by atoms with Crippen LogP contribution in [0.25, 0.3) is 0 Å². The maximum atomic E-state index is 11.8. The van der Waals surface area contributed by atoms with E-state index in [0.29, 0.717) is 10.8 Å². The second-order valence-electron chi connectivity index (χ2n) is 4.45. The molecule has 0 saturated heterocycles. The minimum absolute atomic E-state index is 0.0443. The zero-order chi connectivity index (χ0) is 15.2. The molecular formula is C16H15BrClNO2. The van der Waals surface area contributed by atoms with Gasteiger partial charge in [0.1, 0.15) is 5.75 Å². The van der Waals surface area contributed by atoms with E-state index in [0.717, 1.165) is 22.1 Å². The molecule has 21 heavy (non-hydrogen) atoms. The topological polar surface area (TPSA) is 38.3 Å². The van der Waals surface area contributed by atoms with Crippen LogP contribution < -0.4 is 10.1 Å². The van der Waals surface area contributed by atoms with Crippen LogP contribution in [0.3, 0.4) is 0 Å². The van der Waals surface area contributed by atoms with Crippen molar-refractivity contribution in [2.24, 2.45) is 0 Å². The van der Waals surface area contributed by atoms with Crippen molar-refractivity contribution in [3.05, 3.63) is 57.5 Å². The summed E-state index contributed by atoms with van der Waals surface area (Å²) in [5.74, 6) is 0.432. The van der Waals surface area contributed by atoms with Gasteiger partial charge in [0.05, 0.1) is 0 Å². The molecule has 0 unspecified atom stereocenters. The number of anilines is 1. The molecule has 0 aliphatic heterocycles. The van der Waals surface area contributed by atoms with Crippen LogP contribution in [0.5, 0.6) is 5.75 Å². The molecule has 0 spiro atoms. The first-order chi connectivity index (χ1) is 10.1. The van der Waals surface area contributed by atoms with E-state index in [4.69, 9.17) is 16.3 Å². The molecule has 2 rings (SSSR count). The molecule has 0 aromatic heterocycles. The molecule has 110 valence electrons. The maximum Gasteiger partial charge on any atom is 0.262 e. The Bertz CT molecular complexity index is 646. The highest BCUT2D eigenvalue weighted by Crippen LogP contribution is 2.22. The molecule has 1 amide bonds. The van der Waals surface area contributed by atoms with Crippen molar-refractivity contribution in [1.29, 1.82) is 0 Å². The van der Waals surface area contributed by atoms with E-state index < -0.39 is 0 Å². The van der Waals surface area contributed by atoms with Crippen LogP contribution in [0, 0.1) is 0 Å². The lowest BCUT2D eigenvalue weighted by atomic mass is 10.1. The molecule has 0 saturated carbocycles. The van der Waals surface area contributed by atoms with Crippen molar-refractivity contribution >= 4 is 39.1 Å². The van der Waals surface area contributed by atoms with Gasteiger partial charge in [-0.3, -0.25) is 4.79 Å². The molecule has 2 aromatic rings. The minimum Gasteiger partial charge on any atom is -0.484 e. The van der Waals surface area contributed by atoms with Crippen LogP contribution in [-0.4, -0.2) is 12.5 Å². The lowest BCUT2D eigenvalue weighted by molar-refractivity contribution is -0.118. The van der Waals surface area contributed by atoms with Crippen molar-refractivity contribution in [3.63, 3.8) is 0 Å². The number of ether oxygens (including phenoxy) is 1. The Morgan fingerprint density at radius 1 is 1.29 bits per heavy atom. The lowest BCUT2D eigenvalue weighted by Crippen LogP contribution is -2.20. The Morgan fingerprint density at radius 3 is 2.81 bits per heavy atom. The summed E-state index contributed by atoms with van der Waals surface area (Å²) < 4.78 is 6.39. The van der Waals surface area contributed by atoms with Gasteiger partial charge in [0.15, 0.2) is 6.61 Å². The predicted molar refractivity (Wildman–Crippen MR) is 89.1 cm³/mol. The average molecular weight is 369 g/mol. The molecule has 0 heterocycles. The highest BCUT2D eigenvalue weighted by molar-refractivity contribution is 9.10. The fourth-order valence-corrected chi connectivity index (χ4v) is 2.47.